The number of carbonyl (C=O) groups is 1. The molecule has 22 heavy (non-hydrogen) atoms. The van der Waals surface area contributed by atoms with Crippen LogP contribution in [0.15, 0.2) is 29.3 Å². The number of ether oxygens (including phenoxy) is 3. The Hall–Kier alpha value is -1.49. The molecule has 0 aromatic heterocycles. The number of hydrogen-bond acceptors (Lipinski definition) is 4. The number of rotatable bonds is 8. The van der Waals surface area contributed by atoms with E-state index in [-0.39, 0.29) is 12.4 Å². The standard InChI is InChI=1S/C17H23BrO4/c1-5-17(3,9-10-18)22-15-12-14(20-4)8-7-13(15)11-16(19)21-6-2/h7-10,12H,5-6,11H2,1-4H3/b10-9+. The largest absolute Gasteiger partial charge is 0.497 e. The van der Waals surface area contributed by atoms with Crippen molar-refractivity contribution in [1.29, 1.82) is 0 Å². The summed E-state index contributed by atoms with van der Waals surface area (Å²) >= 11 is 3.29. The molecule has 0 spiro atoms. The number of halogens is 1. The van der Waals surface area contributed by atoms with Crippen molar-refractivity contribution in [1.82, 2.24) is 0 Å². The summed E-state index contributed by atoms with van der Waals surface area (Å²) in [5, 5.41) is 0. The van der Waals surface area contributed by atoms with Gasteiger partial charge in [0.25, 0.3) is 0 Å². The Kier molecular flexibility index (Phi) is 7.45. The summed E-state index contributed by atoms with van der Waals surface area (Å²) in [6, 6.07) is 5.44. The maximum atomic E-state index is 11.7. The van der Waals surface area contributed by atoms with Gasteiger partial charge in [0, 0.05) is 11.6 Å². The summed E-state index contributed by atoms with van der Waals surface area (Å²) in [6.45, 7) is 6.18. The maximum Gasteiger partial charge on any atom is 0.310 e. The molecule has 0 bridgehead atoms. The Labute approximate surface area is 140 Å². The molecule has 0 radical (unpaired) electrons. The molecule has 1 aromatic carbocycles. The number of hydrogen-bond donors (Lipinski definition) is 0. The van der Waals surface area contributed by atoms with E-state index < -0.39 is 5.60 Å². The lowest BCUT2D eigenvalue weighted by molar-refractivity contribution is -0.142. The predicted molar refractivity (Wildman–Crippen MR) is 90.7 cm³/mol. The molecule has 0 aliphatic rings. The molecule has 0 aliphatic carbocycles. The molecule has 1 atom stereocenters. The average molecular weight is 371 g/mol. The van der Waals surface area contributed by atoms with Gasteiger partial charge in [-0.15, -0.1) is 0 Å². The fourth-order valence-electron chi connectivity index (χ4n) is 1.88. The van der Waals surface area contributed by atoms with Gasteiger partial charge in [0.15, 0.2) is 0 Å². The minimum absolute atomic E-state index is 0.172. The Bertz CT molecular complexity index is 527. The third-order valence-corrected chi connectivity index (χ3v) is 3.64. The van der Waals surface area contributed by atoms with E-state index in [1.807, 2.05) is 32.1 Å². The first kappa shape index (κ1) is 18.6. The molecular weight excluding hydrogens is 348 g/mol. The second kappa shape index (κ2) is 8.83. The number of esters is 1. The summed E-state index contributed by atoms with van der Waals surface area (Å²) in [7, 11) is 1.60. The van der Waals surface area contributed by atoms with E-state index in [0.29, 0.717) is 18.1 Å². The van der Waals surface area contributed by atoms with Crippen LogP contribution in [-0.4, -0.2) is 25.3 Å². The smallest absolute Gasteiger partial charge is 0.310 e. The molecule has 1 aromatic rings. The van der Waals surface area contributed by atoms with Crippen LogP contribution in [0.3, 0.4) is 0 Å². The molecule has 0 heterocycles. The molecule has 0 amide bonds. The molecule has 122 valence electrons. The monoisotopic (exact) mass is 370 g/mol. The third-order valence-electron chi connectivity index (χ3n) is 3.38. The van der Waals surface area contributed by atoms with Gasteiger partial charge in [-0.25, -0.2) is 0 Å². The Balaban J connectivity index is 3.10. The number of benzene rings is 1. The van der Waals surface area contributed by atoms with Crippen LogP contribution in [0.5, 0.6) is 11.5 Å². The highest BCUT2D eigenvalue weighted by atomic mass is 79.9. The van der Waals surface area contributed by atoms with Gasteiger partial charge in [-0.1, -0.05) is 28.9 Å². The molecule has 0 aliphatic heterocycles. The quantitative estimate of drug-likeness (QED) is 0.641. The Morgan fingerprint density at radius 3 is 2.64 bits per heavy atom. The average Bonchev–Trinajstić information content (AvgIpc) is 2.49. The topological polar surface area (TPSA) is 44.8 Å². The number of methoxy groups -OCH3 is 1. The summed E-state index contributed by atoms with van der Waals surface area (Å²) in [5.41, 5.74) is 0.307. The molecule has 0 fully saturated rings. The molecule has 5 heteroatoms. The summed E-state index contributed by atoms with van der Waals surface area (Å²) in [4.78, 5) is 13.5. The van der Waals surface area contributed by atoms with Gasteiger partial charge in [-0.2, -0.15) is 0 Å². The first-order valence-corrected chi connectivity index (χ1v) is 8.19. The van der Waals surface area contributed by atoms with Crippen molar-refractivity contribution in [2.24, 2.45) is 0 Å². The fourth-order valence-corrected chi connectivity index (χ4v) is 2.44. The van der Waals surface area contributed by atoms with Crippen molar-refractivity contribution >= 4 is 21.9 Å². The zero-order valence-corrected chi connectivity index (χ0v) is 15.1. The van der Waals surface area contributed by atoms with Gasteiger partial charge in [-0.05, 0) is 37.4 Å². The summed E-state index contributed by atoms with van der Waals surface area (Å²) in [5.74, 6) is 1.04. The van der Waals surface area contributed by atoms with Crippen LogP contribution < -0.4 is 9.47 Å². The molecule has 0 saturated heterocycles. The van der Waals surface area contributed by atoms with Crippen molar-refractivity contribution in [3.05, 3.63) is 34.8 Å². The van der Waals surface area contributed by atoms with E-state index >= 15 is 0 Å². The molecular formula is C17H23BrO4. The lowest BCUT2D eigenvalue weighted by Crippen LogP contribution is -2.29. The lowest BCUT2D eigenvalue weighted by Gasteiger charge is -2.27. The maximum absolute atomic E-state index is 11.7. The van der Waals surface area contributed by atoms with Crippen LogP contribution in [0.1, 0.15) is 32.8 Å². The van der Waals surface area contributed by atoms with E-state index in [0.717, 1.165) is 12.0 Å². The lowest BCUT2D eigenvalue weighted by atomic mass is 10.0. The summed E-state index contributed by atoms with van der Waals surface area (Å²) in [6.07, 6.45) is 2.89. The zero-order valence-electron chi connectivity index (χ0n) is 13.5. The highest BCUT2D eigenvalue weighted by Gasteiger charge is 2.23. The Morgan fingerprint density at radius 2 is 2.09 bits per heavy atom. The molecule has 1 unspecified atom stereocenters. The van der Waals surface area contributed by atoms with Gasteiger partial charge in [0.2, 0.25) is 0 Å². The van der Waals surface area contributed by atoms with Crippen LogP contribution in [0.25, 0.3) is 0 Å². The van der Waals surface area contributed by atoms with Gasteiger partial charge >= 0.3 is 5.97 Å². The van der Waals surface area contributed by atoms with Crippen LogP contribution in [-0.2, 0) is 16.0 Å². The van der Waals surface area contributed by atoms with E-state index in [2.05, 4.69) is 15.9 Å². The SMILES string of the molecule is CCOC(=O)Cc1ccc(OC)cc1OC(C)(/C=C/Br)CC. The molecule has 1 rings (SSSR count). The number of carbonyl (C=O) groups excluding carboxylic acids is 1. The molecule has 4 nitrogen and oxygen atoms in total. The van der Waals surface area contributed by atoms with Crippen LogP contribution in [0, 0.1) is 0 Å². The van der Waals surface area contributed by atoms with Crippen LogP contribution in [0.4, 0.5) is 0 Å². The minimum Gasteiger partial charge on any atom is -0.497 e. The summed E-state index contributed by atoms with van der Waals surface area (Å²) < 4.78 is 16.4. The van der Waals surface area contributed by atoms with Crippen LogP contribution in [0.2, 0.25) is 0 Å². The van der Waals surface area contributed by atoms with Crippen molar-refractivity contribution < 1.29 is 19.0 Å². The van der Waals surface area contributed by atoms with Crippen molar-refractivity contribution in [2.45, 2.75) is 39.2 Å². The third kappa shape index (κ3) is 5.37. The van der Waals surface area contributed by atoms with Gasteiger partial charge in [0.05, 0.1) is 20.1 Å². The van der Waals surface area contributed by atoms with E-state index in [4.69, 9.17) is 14.2 Å². The van der Waals surface area contributed by atoms with Crippen LogP contribution >= 0.6 is 15.9 Å². The van der Waals surface area contributed by atoms with Gasteiger partial charge in [0.1, 0.15) is 17.1 Å². The van der Waals surface area contributed by atoms with Crippen molar-refractivity contribution in [2.75, 3.05) is 13.7 Å². The molecule has 0 N–H and O–H groups in total. The highest BCUT2D eigenvalue weighted by Crippen LogP contribution is 2.30. The second-order valence-corrected chi connectivity index (χ2v) is 5.55. The van der Waals surface area contributed by atoms with Gasteiger partial charge < -0.3 is 14.2 Å². The van der Waals surface area contributed by atoms with E-state index in [1.54, 1.807) is 25.1 Å². The van der Waals surface area contributed by atoms with Crippen molar-refractivity contribution in [3.8, 4) is 11.5 Å². The van der Waals surface area contributed by atoms with E-state index in [1.165, 1.54) is 0 Å². The Morgan fingerprint density at radius 1 is 1.36 bits per heavy atom. The first-order chi connectivity index (χ1) is 10.5. The highest BCUT2D eigenvalue weighted by molar-refractivity contribution is 9.11. The normalized spacial score (nSPS) is 13.7. The molecule has 0 saturated carbocycles. The van der Waals surface area contributed by atoms with Gasteiger partial charge in [-0.3, -0.25) is 4.79 Å². The second-order valence-electron chi connectivity index (χ2n) is 5.02. The first-order valence-electron chi connectivity index (χ1n) is 7.27. The minimum atomic E-state index is -0.473. The van der Waals surface area contributed by atoms with Crippen molar-refractivity contribution in [3.63, 3.8) is 0 Å². The zero-order chi connectivity index (χ0) is 16.6. The van der Waals surface area contributed by atoms with E-state index in [9.17, 15) is 4.79 Å². The fraction of sp³-hybridized carbons (Fsp3) is 0.471. The predicted octanol–water partition coefficient (Wildman–Crippen LogP) is 4.26.